The van der Waals surface area contributed by atoms with Crippen molar-refractivity contribution in [1.29, 1.82) is 0 Å². The topological polar surface area (TPSA) is 30.5 Å². The molecular formula is C13H25NO2. The smallest absolute Gasteiger partial charge is 0.0591 e. The molecule has 0 unspecified atom stereocenters. The van der Waals surface area contributed by atoms with Crippen LogP contribution < -0.4 is 5.32 Å². The Morgan fingerprint density at radius 1 is 1.31 bits per heavy atom. The molecule has 0 bridgehead atoms. The van der Waals surface area contributed by atoms with Crippen molar-refractivity contribution in [2.45, 2.75) is 32.6 Å². The molecule has 0 radical (unpaired) electrons. The molecule has 0 amide bonds. The summed E-state index contributed by atoms with van der Waals surface area (Å²) in [5.74, 6) is 0.882. The normalized spacial score (nSPS) is 24.6. The van der Waals surface area contributed by atoms with E-state index in [-0.39, 0.29) is 0 Å². The summed E-state index contributed by atoms with van der Waals surface area (Å²) in [7, 11) is 0. The van der Waals surface area contributed by atoms with Gasteiger partial charge in [0.25, 0.3) is 0 Å². The van der Waals surface area contributed by atoms with Crippen LogP contribution in [-0.2, 0) is 9.47 Å². The second kappa shape index (κ2) is 5.99. The van der Waals surface area contributed by atoms with Gasteiger partial charge in [-0.2, -0.15) is 0 Å². The van der Waals surface area contributed by atoms with Gasteiger partial charge in [0, 0.05) is 32.9 Å². The molecule has 1 saturated carbocycles. The molecule has 0 spiro atoms. The van der Waals surface area contributed by atoms with Crippen molar-refractivity contribution in [3.8, 4) is 0 Å². The summed E-state index contributed by atoms with van der Waals surface area (Å²) in [6.45, 7) is 8.14. The minimum Gasteiger partial charge on any atom is -0.381 e. The van der Waals surface area contributed by atoms with E-state index in [4.69, 9.17) is 9.47 Å². The first-order valence-electron chi connectivity index (χ1n) is 6.65. The Bertz CT molecular complexity index is 198. The highest BCUT2D eigenvalue weighted by molar-refractivity contribution is 4.79. The molecule has 0 aromatic carbocycles. The lowest BCUT2D eigenvalue weighted by Crippen LogP contribution is -2.38. The fraction of sp³-hybridized carbons (Fsp3) is 1.00. The minimum absolute atomic E-state index is 0.439. The van der Waals surface area contributed by atoms with E-state index in [1.165, 1.54) is 25.7 Å². The van der Waals surface area contributed by atoms with Crippen LogP contribution in [0.15, 0.2) is 0 Å². The lowest BCUT2D eigenvalue weighted by molar-refractivity contribution is 0.0230. The quantitative estimate of drug-likeness (QED) is 0.673. The van der Waals surface area contributed by atoms with Crippen LogP contribution in [0.3, 0.4) is 0 Å². The molecule has 3 nitrogen and oxygen atoms in total. The summed E-state index contributed by atoms with van der Waals surface area (Å²) in [6.07, 6.45) is 5.13. The van der Waals surface area contributed by atoms with Crippen molar-refractivity contribution in [3.05, 3.63) is 0 Å². The fourth-order valence-electron chi connectivity index (χ4n) is 2.11. The maximum atomic E-state index is 5.59. The van der Waals surface area contributed by atoms with E-state index in [1.807, 2.05) is 0 Å². The standard InChI is InChI=1S/C13H25NO2/c1-13(4-7-15-8-5-13)11-14-6-9-16-10-12-2-3-12/h12,14H,2-11H2,1H3. The van der Waals surface area contributed by atoms with Crippen LogP contribution in [0.2, 0.25) is 0 Å². The molecule has 2 aliphatic rings. The van der Waals surface area contributed by atoms with Crippen molar-refractivity contribution >= 4 is 0 Å². The molecular weight excluding hydrogens is 202 g/mol. The maximum Gasteiger partial charge on any atom is 0.0591 e. The Morgan fingerprint density at radius 2 is 2.06 bits per heavy atom. The Hall–Kier alpha value is -0.120. The summed E-state index contributed by atoms with van der Waals surface area (Å²) in [5, 5.41) is 3.51. The number of nitrogens with one attached hydrogen (secondary N) is 1. The Morgan fingerprint density at radius 3 is 2.75 bits per heavy atom. The van der Waals surface area contributed by atoms with Crippen molar-refractivity contribution in [2.75, 3.05) is 39.5 Å². The van der Waals surface area contributed by atoms with Crippen LogP contribution in [0.25, 0.3) is 0 Å². The Labute approximate surface area is 98.9 Å². The van der Waals surface area contributed by atoms with E-state index < -0.39 is 0 Å². The zero-order valence-electron chi connectivity index (χ0n) is 10.5. The number of hydrogen-bond acceptors (Lipinski definition) is 3. The van der Waals surface area contributed by atoms with Gasteiger partial charge in [-0.05, 0) is 37.0 Å². The van der Waals surface area contributed by atoms with Crippen LogP contribution in [0.4, 0.5) is 0 Å². The van der Waals surface area contributed by atoms with Gasteiger partial charge in [-0.3, -0.25) is 0 Å². The lowest BCUT2D eigenvalue weighted by atomic mass is 9.82. The molecule has 1 aliphatic heterocycles. The van der Waals surface area contributed by atoms with E-state index in [2.05, 4.69) is 12.2 Å². The molecule has 94 valence electrons. The van der Waals surface area contributed by atoms with Crippen LogP contribution in [0, 0.1) is 11.3 Å². The van der Waals surface area contributed by atoms with E-state index in [1.54, 1.807) is 0 Å². The van der Waals surface area contributed by atoms with E-state index >= 15 is 0 Å². The predicted octanol–water partition coefficient (Wildman–Crippen LogP) is 1.82. The SMILES string of the molecule is CC1(CNCCOCC2CC2)CCOCC1. The van der Waals surface area contributed by atoms with Crippen LogP contribution in [0.5, 0.6) is 0 Å². The average molecular weight is 227 g/mol. The molecule has 2 fully saturated rings. The van der Waals surface area contributed by atoms with E-state index in [0.29, 0.717) is 5.41 Å². The summed E-state index contributed by atoms with van der Waals surface area (Å²) in [5.41, 5.74) is 0.439. The number of rotatable bonds is 7. The average Bonchev–Trinajstić information content (AvgIpc) is 3.08. The molecule has 1 N–H and O–H groups in total. The number of hydrogen-bond donors (Lipinski definition) is 1. The largest absolute Gasteiger partial charge is 0.381 e. The predicted molar refractivity (Wildman–Crippen MR) is 64.6 cm³/mol. The first kappa shape index (κ1) is 12.3. The zero-order valence-corrected chi connectivity index (χ0v) is 10.5. The van der Waals surface area contributed by atoms with E-state index in [9.17, 15) is 0 Å². The summed E-state index contributed by atoms with van der Waals surface area (Å²) < 4.78 is 11.0. The molecule has 0 atom stereocenters. The van der Waals surface area contributed by atoms with Crippen LogP contribution in [0.1, 0.15) is 32.6 Å². The van der Waals surface area contributed by atoms with Crippen LogP contribution >= 0.6 is 0 Å². The maximum absolute atomic E-state index is 5.59. The second-order valence-electron chi connectivity index (χ2n) is 5.62. The van der Waals surface area contributed by atoms with E-state index in [0.717, 1.165) is 45.4 Å². The van der Waals surface area contributed by atoms with Gasteiger partial charge in [0.2, 0.25) is 0 Å². The van der Waals surface area contributed by atoms with Gasteiger partial charge in [0.05, 0.1) is 6.61 Å². The molecule has 1 saturated heterocycles. The molecule has 3 heteroatoms. The van der Waals surface area contributed by atoms with Gasteiger partial charge in [0.15, 0.2) is 0 Å². The molecule has 2 rings (SSSR count). The van der Waals surface area contributed by atoms with Crippen molar-refractivity contribution in [1.82, 2.24) is 5.32 Å². The Balaban J connectivity index is 1.46. The molecule has 1 heterocycles. The first-order chi connectivity index (χ1) is 7.79. The monoisotopic (exact) mass is 227 g/mol. The lowest BCUT2D eigenvalue weighted by Gasteiger charge is -2.33. The van der Waals surface area contributed by atoms with Gasteiger partial charge < -0.3 is 14.8 Å². The van der Waals surface area contributed by atoms with Gasteiger partial charge in [0.1, 0.15) is 0 Å². The van der Waals surface area contributed by atoms with Gasteiger partial charge >= 0.3 is 0 Å². The molecule has 16 heavy (non-hydrogen) atoms. The third-order valence-corrected chi connectivity index (χ3v) is 3.73. The second-order valence-corrected chi connectivity index (χ2v) is 5.62. The van der Waals surface area contributed by atoms with Gasteiger partial charge in [-0.1, -0.05) is 6.92 Å². The van der Waals surface area contributed by atoms with Gasteiger partial charge in [-0.15, -0.1) is 0 Å². The summed E-state index contributed by atoms with van der Waals surface area (Å²) >= 11 is 0. The number of ether oxygens (including phenoxy) is 2. The minimum atomic E-state index is 0.439. The van der Waals surface area contributed by atoms with Crippen molar-refractivity contribution in [2.24, 2.45) is 11.3 Å². The third-order valence-electron chi connectivity index (χ3n) is 3.73. The highest BCUT2D eigenvalue weighted by Gasteiger charge is 2.26. The molecule has 0 aromatic heterocycles. The van der Waals surface area contributed by atoms with Crippen molar-refractivity contribution < 1.29 is 9.47 Å². The third kappa shape index (κ3) is 4.40. The van der Waals surface area contributed by atoms with Crippen molar-refractivity contribution in [3.63, 3.8) is 0 Å². The zero-order chi connectivity index (χ0) is 11.3. The highest BCUT2D eigenvalue weighted by Crippen LogP contribution is 2.29. The molecule has 1 aliphatic carbocycles. The summed E-state index contributed by atoms with van der Waals surface area (Å²) in [4.78, 5) is 0. The highest BCUT2D eigenvalue weighted by atomic mass is 16.5. The Kier molecular flexibility index (Phi) is 4.62. The fourth-order valence-corrected chi connectivity index (χ4v) is 2.11. The van der Waals surface area contributed by atoms with Gasteiger partial charge in [-0.25, -0.2) is 0 Å². The summed E-state index contributed by atoms with van der Waals surface area (Å²) in [6, 6.07) is 0. The molecule has 0 aromatic rings. The first-order valence-corrected chi connectivity index (χ1v) is 6.65. The van der Waals surface area contributed by atoms with Crippen LogP contribution in [-0.4, -0.2) is 39.5 Å².